The van der Waals surface area contributed by atoms with Crippen molar-refractivity contribution in [2.75, 3.05) is 16.8 Å². The van der Waals surface area contributed by atoms with Crippen molar-refractivity contribution in [3.63, 3.8) is 0 Å². The average Bonchev–Trinajstić information content (AvgIpc) is 3.26. The topological polar surface area (TPSA) is 102 Å². The third-order valence-electron chi connectivity index (χ3n) is 4.74. The molecule has 0 bridgehead atoms. The first-order valence-electron chi connectivity index (χ1n) is 8.88. The maximum Gasteiger partial charge on any atom is 0.368 e. The van der Waals surface area contributed by atoms with Crippen LogP contribution in [0.2, 0.25) is 5.02 Å². The third kappa shape index (κ3) is 3.77. The number of carbonyl (C=O) groups excluding carboxylic acids is 2. The molecule has 0 saturated carbocycles. The maximum atomic E-state index is 12.6. The lowest BCUT2D eigenvalue weighted by Crippen LogP contribution is -2.28. The number of carbonyl (C=O) groups is 2. The van der Waals surface area contributed by atoms with E-state index >= 15 is 0 Å². The maximum absolute atomic E-state index is 12.6. The number of aromatic nitrogens is 4. The lowest BCUT2D eigenvalue weighted by atomic mass is 10.1. The standard InChI is InChI=1S/C19H17ClN6O3/c1-24-19(29)26(23-22-24)16-8-4-14(5-9-16)21-18(28)12-10-17(27)25(11-12)15-6-2-13(20)3-7-15/h2-9,12H,10-11H2,1H3,(H,21,28)/t12-/m0/s1. The number of benzene rings is 2. The summed E-state index contributed by atoms with van der Waals surface area (Å²) in [5, 5.41) is 10.8. The van der Waals surface area contributed by atoms with Crippen LogP contribution in [0.5, 0.6) is 0 Å². The van der Waals surface area contributed by atoms with Gasteiger partial charge in [-0.25, -0.2) is 4.79 Å². The lowest BCUT2D eigenvalue weighted by molar-refractivity contribution is -0.122. The van der Waals surface area contributed by atoms with Gasteiger partial charge in [0.25, 0.3) is 0 Å². The number of halogens is 1. The van der Waals surface area contributed by atoms with Crippen LogP contribution in [-0.4, -0.2) is 38.1 Å². The summed E-state index contributed by atoms with van der Waals surface area (Å²) in [7, 11) is 1.51. The summed E-state index contributed by atoms with van der Waals surface area (Å²) < 4.78 is 2.28. The molecular weight excluding hydrogens is 396 g/mol. The van der Waals surface area contributed by atoms with Gasteiger partial charge in [0.05, 0.1) is 11.6 Å². The molecule has 0 aliphatic carbocycles. The number of tetrazole rings is 1. The molecular formula is C19H17ClN6O3. The molecule has 2 aromatic carbocycles. The highest BCUT2D eigenvalue weighted by molar-refractivity contribution is 6.30. The second kappa shape index (κ2) is 7.51. The van der Waals surface area contributed by atoms with Gasteiger partial charge in [-0.15, -0.1) is 0 Å². The van der Waals surface area contributed by atoms with Gasteiger partial charge in [0.2, 0.25) is 11.8 Å². The van der Waals surface area contributed by atoms with Crippen LogP contribution in [-0.2, 0) is 16.6 Å². The van der Waals surface area contributed by atoms with E-state index in [2.05, 4.69) is 15.7 Å². The fourth-order valence-electron chi connectivity index (χ4n) is 3.16. The first kappa shape index (κ1) is 18.9. The average molecular weight is 413 g/mol. The molecule has 1 aliphatic rings. The minimum Gasteiger partial charge on any atom is -0.326 e. The highest BCUT2D eigenvalue weighted by Crippen LogP contribution is 2.27. The molecule has 1 aromatic heterocycles. The molecule has 148 valence electrons. The van der Waals surface area contributed by atoms with Crippen molar-refractivity contribution in [1.82, 2.24) is 19.8 Å². The minimum atomic E-state index is -0.458. The summed E-state index contributed by atoms with van der Waals surface area (Å²) in [5.41, 5.74) is 1.45. The van der Waals surface area contributed by atoms with Crippen LogP contribution in [0.1, 0.15) is 6.42 Å². The molecule has 1 aliphatic heterocycles. The van der Waals surface area contributed by atoms with Crippen molar-refractivity contribution >= 4 is 34.8 Å². The van der Waals surface area contributed by atoms with E-state index in [4.69, 9.17) is 11.6 Å². The molecule has 29 heavy (non-hydrogen) atoms. The lowest BCUT2D eigenvalue weighted by Gasteiger charge is -2.16. The molecule has 10 heteroatoms. The van der Waals surface area contributed by atoms with Crippen LogP contribution in [0, 0.1) is 5.92 Å². The second-order valence-corrected chi connectivity index (χ2v) is 7.15. The zero-order valence-corrected chi connectivity index (χ0v) is 16.2. The van der Waals surface area contributed by atoms with E-state index in [-0.39, 0.29) is 23.9 Å². The van der Waals surface area contributed by atoms with Crippen LogP contribution in [0.3, 0.4) is 0 Å². The molecule has 0 spiro atoms. The van der Waals surface area contributed by atoms with Gasteiger partial charge in [0.15, 0.2) is 0 Å². The fraction of sp³-hybridized carbons (Fsp3) is 0.211. The quantitative estimate of drug-likeness (QED) is 0.701. The van der Waals surface area contributed by atoms with Crippen molar-refractivity contribution in [1.29, 1.82) is 0 Å². The van der Waals surface area contributed by atoms with Crippen LogP contribution in [0.25, 0.3) is 5.69 Å². The second-order valence-electron chi connectivity index (χ2n) is 6.71. The van der Waals surface area contributed by atoms with E-state index in [0.29, 0.717) is 28.6 Å². The number of anilines is 2. The number of nitrogens with zero attached hydrogens (tertiary/aromatic N) is 5. The predicted molar refractivity (Wildman–Crippen MR) is 107 cm³/mol. The molecule has 1 N–H and O–H groups in total. The smallest absolute Gasteiger partial charge is 0.326 e. The normalized spacial score (nSPS) is 16.3. The SMILES string of the molecule is Cn1nnn(-c2ccc(NC(=O)[C@H]3CC(=O)N(c4ccc(Cl)cc4)C3)cc2)c1=O. The summed E-state index contributed by atoms with van der Waals surface area (Å²) in [6.45, 7) is 0.305. The molecule has 1 fully saturated rings. The summed E-state index contributed by atoms with van der Waals surface area (Å²) >= 11 is 5.89. The minimum absolute atomic E-state index is 0.107. The Balaban J connectivity index is 1.43. The number of nitrogens with one attached hydrogen (secondary N) is 1. The van der Waals surface area contributed by atoms with Crippen molar-refractivity contribution in [3.8, 4) is 5.69 Å². The Morgan fingerprint density at radius 3 is 2.31 bits per heavy atom. The molecule has 0 unspecified atom stereocenters. The Morgan fingerprint density at radius 2 is 1.69 bits per heavy atom. The highest BCUT2D eigenvalue weighted by Gasteiger charge is 2.35. The van der Waals surface area contributed by atoms with Crippen molar-refractivity contribution in [3.05, 3.63) is 64.0 Å². The fourth-order valence-corrected chi connectivity index (χ4v) is 3.29. The van der Waals surface area contributed by atoms with Gasteiger partial charge in [0.1, 0.15) is 0 Å². The zero-order valence-electron chi connectivity index (χ0n) is 15.4. The van der Waals surface area contributed by atoms with Crippen LogP contribution in [0.15, 0.2) is 53.3 Å². The van der Waals surface area contributed by atoms with Crippen molar-refractivity contribution in [2.24, 2.45) is 13.0 Å². The van der Waals surface area contributed by atoms with Gasteiger partial charge < -0.3 is 10.2 Å². The Bertz CT molecular complexity index is 1120. The van der Waals surface area contributed by atoms with Crippen LogP contribution < -0.4 is 15.9 Å². The van der Waals surface area contributed by atoms with E-state index in [1.165, 1.54) is 7.05 Å². The number of hydrogen-bond donors (Lipinski definition) is 1. The van der Waals surface area contributed by atoms with Gasteiger partial charge in [-0.3, -0.25) is 9.59 Å². The number of aryl methyl sites for hydroxylation is 1. The van der Waals surface area contributed by atoms with Gasteiger partial charge >= 0.3 is 5.69 Å². The molecule has 4 rings (SSSR count). The molecule has 1 saturated heterocycles. The summed E-state index contributed by atoms with van der Waals surface area (Å²) in [5.74, 6) is -0.801. The molecule has 3 aromatic rings. The first-order valence-corrected chi connectivity index (χ1v) is 9.26. The highest BCUT2D eigenvalue weighted by atomic mass is 35.5. The summed E-state index contributed by atoms with van der Waals surface area (Å²) in [6.07, 6.45) is 0.140. The number of amides is 2. The van der Waals surface area contributed by atoms with Crippen molar-refractivity contribution < 1.29 is 9.59 Å². The van der Waals surface area contributed by atoms with Gasteiger partial charge in [-0.1, -0.05) is 11.6 Å². The van der Waals surface area contributed by atoms with Crippen LogP contribution >= 0.6 is 11.6 Å². The first-order chi connectivity index (χ1) is 13.9. The Morgan fingerprint density at radius 1 is 1.03 bits per heavy atom. The van der Waals surface area contributed by atoms with E-state index < -0.39 is 5.92 Å². The third-order valence-corrected chi connectivity index (χ3v) is 4.99. The number of hydrogen-bond acceptors (Lipinski definition) is 5. The van der Waals surface area contributed by atoms with Gasteiger partial charge in [0, 0.05) is 36.4 Å². The van der Waals surface area contributed by atoms with E-state index in [0.717, 1.165) is 9.36 Å². The van der Waals surface area contributed by atoms with Gasteiger partial charge in [-0.05, 0) is 59.0 Å². The Kier molecular flexibility index (Phi) is 4.89. The van der Waals surface area contributed by atoms with Crippen LogP contribution in [0.4, 0.5) is 11.4 Å². The number of rotatable bonds is 4. The van der Waals surface area contributed by atoms with Gasteiger partial charge in [-0.2, -0.15) is 9.36 Å². The summed E-state index contributed by atoms with van der Waals surface area (Å²) in [4.78, 5) is 38.4. The Hall–Kier alpha value is -3.46. The Labute approximate surface area is 170 Å². The summed E-state index contributed by atoms with van der Waals surface area (Å²) in [6, 6.07) is 13.6. The van der Waals surface area contributed by atoms with E-state index in [1.807, 2.05) is 0 Å². The van der Waals surface area contributed by atoms with E-state index in [9.17, 15) is 14.4 Å². The monoisotopic (exact) mass is 412 g/mol. The predicted octanol–water partition coefficient (Wildman–Crippen LogP) is 1.61. The molecule has 0 radical (unpaired) electrons. The van der Waals surface area contributed by atoms with Crippen molar-refractivity contribution in [2.45, 2.75) is 6.42 Å². The molecule has 1 atom stereocenters. The van der Waals surface area contributed by atoms with E-state index in [1.54, 1.807) is 53.4 Å². The largest absolute Gasteiger partial charge is 0.368 e. The zero-order chi connectivity index (χ0) is 20.5. The molecule has 9 nitrogen and oxygen atoms in total. The molecule has 2 heterocycles. The molecule has 2 amide bonds.